The lowest BCUT2D eigenvalue weighted by atomic mass is 10.1. The molecule has 2 heterocycles. The van der Waals surface area contributed by atoms with Gasteiger partial charge in [-0.1, -0.05) is 6.08 Å². The topological polar surface area (TPSA) is 198 Å². The molecule has 318 valence electrons. The fourth-order valence-corrected chi connectivity index (χ4v) is 6.45. The van der Waals surface area contributed by atoms with E-state index in [1.807, 2.05) is 36.4 Å². The van der Waals surface area contributed by atoms with Gasteiger partial charge in [0.15, 0.2) is 0 Å². The minimum atomic E-state index is -0.860. The zero-order chi connectivity index (χ0) is 43.5. The monoisotopic (exact) mass is 843 g/mol. The van der Waals surface area contributed by atoms with Crippen molar-refractivity contribution in [3.63, 3.8) is 0 Å². The molecule has 0 spiro atoms. The Hall–Kier alpha value is -5.10. The fourth-order valence-electron chi connectivity index (χ4n) is 4.72. The number of alkyl carbamates (subject to hydrolysis) is 2. The van der Waals surface area contributed by atoms with Crippen LogP contribution in [0.4, 0.5) is 24.9 Å². The van der Waals surface area contributed by atoms with Crippen LogP contribution in [-0.4, -0.2) is 94.9 Å². The molecule has 4 N–H and O–H groups in total. The van der Waals surface area contributed by atoms with Crippen LogP contribution >= 0.6 is 23.1 Å². The Morgan fingerprint density at radius 1 is 0.724 bits per heavy atom. The average Bonchev–Trinajstić information content (AvgIpc) is 3.54. The summed E-state index contributed by atoms with van der Waals surface area (Å²) in [4.78, 5) is 75.0. The average molecular weight is 844 g/mol. The van der Waals surface area contributed by atoms with Crippen molar-refractivity contribution in [2.75, 3.05) is 30.7 Å². The number of carbonyl (C=O) groups excluding carboxylic acids is 5. The highest BCUT2D eigenvalue weighted by molar-refractivity contribution is 7.99. The smallest absolute Gasteiger partial charge is 0.437 e. The van der Waals surface area contributed by atoms with Crippen molar-refractivity contribution in [1.29, 1.82) is 0 Å². The van der Waals surface area contributed by atoms with E-state index >= 15 is 0 Å². The molecule has 58 heavy (non-hydrogen) atoms. The number of benzene rings is 1. The number of nitrogens with zero attached hydrogens (tertiary/aromatic N) is 3. The predicted octanol–water partition coefficient (Wildman–Crippen LogP) is 8.40. The maximum Gasteiger partial charge on any atom is 0.437 e. The molecule has 0 aliphatic carbocycles. The van der Waals surface area contributed by atoms with Crippen molar-refractivity contribution in [1.82, 2.24) is 20.9 Å². The van der Waals surface area contributed by atoms with E-state index in [9.17, 15) is 24.0 Å². The Bertz CT molecular complexity index is 1880. The number of aliphatic imine (C=N–C) groups is 2. The summed E-state index contributed by atoms with van der Waals surface area (Å²) in [5.41, 5.74) is -1.38. The summed E-state index contributed by atoms with van der Waals surface area (Å²) >= 11 is 2.88. The first kappa shape index (κ1) is 47.3. The molecule has 0 saturated heterocycles. The van der Waals surface area contributed by atoms with Crippen molar-refractivity contribution in [3.8, 4) is 0 Å². The first-order valence-corrected chi connectivity index (χ1v) is 20.5. The lowest BCUT2D eigenvalue weighted by Crippen LogP contribution is -2.47. The first-order valence-electron chi connectivity index (χ1n) is 18.7. The van der Waals surface area contributed by atoms with Gasteiger partial charge in [0, 0.05) is 40.8 Å². The van der Waals surface area contributed by atoms with E-state index in [-0.39, 0.29) is 17.8 Å². The highest BCUT2D eigenvalue weighted by Crippen LogP contribution is 2.30. The zero-order valence-corrected chi connectivity index (χ0v) is 37.0. The van der Waals surface area contributed by atoms with Gasteiger partial charge in [-0.25, -0.2) is 19.2 Å². The molecule has 0 atom stereocenters. The van der Waals surface area contributed by atoms with Crippen LogP contribution in [0.2, 0.25) is 0 Å². The molecular formula is C40H57N7O9S2. The van der Waals surface area contributed by atoms with E-state index in [1.165, 1.54) is 23.1 Å². The first-order chi connectivity index (χ1) is 26.7. The largest absolute Gasteiger partial charge is 0.444 e. The number of guanidine groups is 2. The number of nitrogens with one attached hydrogen (secondary N) is 4. The van der Waals surface area contributed by atoms with Crippen molar-refractivity contribution >= 4 is 76.6 Å². The summed E-state index contributed by atoms with van der Waals surface area (Å²) in [7, 11) is 0. The van der Waals surface area contributed by atoms with Gasteiger partial charge in [0.1, 0.15) is 22.4 Å². The second-order valence-electron chi connectivity index (χ2n) is 17.0. The zero-order valence-electron chi connectivity index (χ0n) is 35.4. The van der Waals surface area contributed by atoms with Gasteiger partial charge >= 0.3 is 24.4 Å². The molecule has 18 heteroatoms. The number of ether oxygens (including phenoxy) is 4. The molecule has 0 radical (unpaired) electrons. The molecule has 3 rings (SSSR count). The second-order valence-corrected chi connectivity index (χ2v) is 19.2. The predicted molar refractivity (Wildman–Crippen MR) is 228 cm³/mol. The van der Waals surface area contributed by atoms with E-state index < -0.39 is 46.8 Å². The van der Waals surface area contributed by atoms with Crippen molar-refractivity contribution < 1.29 is 42.9 Å². The second kappa shape index (κ2) is 20.0. The van der Waals surface area contributed by atoms with E-state index in [2.05, 4.69) is 31.3 Å². The lowest BCUT2D eigenvalue weighted by Gasteiger charge is -2.30. The number of carbonyl (C=O) groups is 5. The SMILES string of the molecule is CC(C)(C)OC(=O)/N=C(/NCCSc1ccc(NC(=O)c2ccc(C3=CCN(/C(=N/C(=O)OC(C)(C)C)NC(=O)OC(C)(C)C)CC3)s2)cc1)NC(=O)OC(C)(C)C. The minimum Gasteiger partial charge on any atom is -0.444 e. The summed E-state index contributed by atoms with van der Waals surface area (Å²) < 4.78 is 21.2. The highest BCUT2D eigenvalue weighted by atomic mass is 32.2. The standard InChI is InChI=1S/C40H57N7O9S2/c1-37(2,3)53-33(49)43-31(44-34(50)54-38(4,5)6)41-21-24-57-27-15-13-26(14-16-27)42-30(48)29-18-17-28(58-29)25-19-22-47(23-20-25)32(45-35(51)55-39(7,8)9)46-36(52)56-40(10,11)12/h13-19H,20-24H2,1-12H3,(H,42,48)(H,45,46,51,52)(H2,41,43,44,49,50). The van der Waals surface area contributed by atoms with Gasteiger partial charge < -0.3 is 34.5 Å². The number of anilines is 1. The summed E-state index contributed by atoms with van der Waals surface area (Å²) in [6.45, 7) is 21.8. The maximum absolute atomic E-state index is 13.2. The molecule has 0 saturated carbocycles. The number of thioether (sulfide) groups is 1. The third-order valence-electron chi connectivity index (χ3n) is 6.85. The Labute approximate surface area is 349 Å². The molecule has 5 amide bonds. The van der Waals surface area contributed by atoms with Crippen LogP contribution < -0.4 is 21.3 Å². The van der Waals surface area contributed by atoms with Gasteiger partial charge in [0.25, 0.3) is 5.91 Å². The van der Waals surface area contributed by atoms with E-state index in [4.69, 9.17) is 18.9 Å². The van der Waals surface area contributed by atoms with Gasteiger partial charge in [-0.05, 0) is 131 Å². The molecule has 1 aliphatic rings. The van der Waals surface area contributed by atoms with Gasteiger partial charge in [0.05, 0.1) is 4.88 Å². The quantitative estimate of drug-likeness (QED) is 0.0684. The molecule has 1 aromatic carbocycles. The number of hydrogen-bond donors (Lipinski definition) is 4. The van der Waals surface area contributed by atoms with Crippen LogP contribution in [0.3, 0.4) is 0 Å². The Kier molecular flexibility index (Phi) is 16.3. The minimum absolute atomic E-state index is 0.0256. The van der Waals surface area contributed by atoms with Crippen LogP contribution in [0.15, 0.2) is 57.4 Å². The molecule has 1 aliphatic heterocycles. The molecule has 1 aromatic heterocycles. The van der Waals surface area contributed by atoms with E-state index in [0.717, 1.165) is 15.3 Å². The molecule has 0 unspecified atom stereocenters. The number of thiophene rings is 1. The molecule has 0 bridgehead atoms. The molecule has 0 fully saturated rings. The molecule has 16 nitrogen and oxygen atoms in total. The Morgan fingerprint density at radius 3 is 1.81 bits per heavy atom. The van der Waals surface area contributed by atoms with Gasteiger partial charge in [-0.2, -0.15) is 0 Å². The summed E-state index contributed by atoms with van der Waals surface area (Å²) in [6.07, 6.45) is -0.669. The highest BCUT2D eigenvalue weighted by Gasteiger charge is 2.26. The van der Waals surface area contributed by atoms with Crippen LogP contribution in [0.5, 0.6) is 0 Å². The number of rotatable bonds is 7. The van der Waals surface area contributed by atoms with Gasteiger partial charge in [-0.15, -0.1) is 33.1 Å². The maximum atomic E-state index is 13.2. The van der Waals surface area contributed by atoms with Gasteiger partial charge in [0.2, 0.25) is 11.9 Å². The lowest BCUT2D eigenvalue weighted by molar-refractivity contribution is 0.0539. The van der Waals surface area contributed by atoms with Crippen molar-refractivity contribution in [2.24, 2.45) is 9.98 Å². The summed E-state index contributed by atoms with van der Waals surface area (Å²) in [6, 6.07) is 11.0. The molecular weight excluding hydrogens is 787 g/mol. The van der Waals surface area contributed by atoms with E-state index in [1.54, 1.807) is 94.1 Å². The number of amides is 5. The van der Waals surface area contributed by atoms with Crippen LogP contribution in [0.25, 0.3) is 5.57 Å². The van der Waals surface area contributed by atoms with E-state index in [0.29, 0.717) is 42.4 Å². The third-order valence-corrected chi connectivity index (χ3v) is 9.02. The van der Waals surface area contributed by atoms with Crippen molar-refractivity contribution in [2.45, 2.75) is 117 Å². The van der Waals surface area contributed by atoms with Crippen LogP contribution in [0.1, 0.15) is 104 Å². The number of hydrogen-bond acceptors (Lipinski definition) is 11. The van der Waals surface area contributed by atoms with Crippen molar-refractivity contribution in [3.05, 3.63) is 52.2 Å². The normalized spacial score (nSPS) is 14.1. The van der Waals surface area contributed by atoms with Crippen LogP contribution in [-0.2, 0) is 18.9 Å². The Balaban J connectivity index is 1.57. The Morgan fingerprint density at radius 2 is 1.28 bits per heavy atom. The summed E-state index contributed by atoms with van der Waals surface area (Å²) in [5.74, 6) is 0.241. The fraction of sp³-hybridized carbons (Fsp3) is 0.525. The molecule has 2 aromatic rings. The third kappa shape index (κ3) is 18.4. The van der Waals surface area contributed by atoms with Gasteiger partial charge in [-0.3, -0.25) is 15.4 Å². The summed E-state index contributed by atoms with van der Waals surface area (Å²) in [5, 5.41) is 11.0. The van der Waals surface area contributed by atoms with Crippen LogP contribution in [0, 0.1) is 0 Å².